The monoisotopic (exact) mass is 408 g/mol. The fourth-order valence-corrected chi connectivity index (χ4v) is 4.68. The smallest absolute Gasteiger partial charge is 0.199 e. The first-order valence-corrected chi connectivity index (χ1v) is 11.1. The third kappa shape index (κ3) is 4.14. The number of piperidine rings is 1. The van der Waals surface area contributed by atoms with Gasteiger partial charge in [-0.1, -0.05) is 84.9 Å². The van der Waals surface area contributed by atoms with Gasteiger partial charge in [0.1, 0.15) is 0 Å². The van der Waals surface area contributed by atoms with Gasteiger partial charge in [-0.25, -0.2) is 0 Å². The number of hydrogen-bond donors (Lipinski definition) is 1. The van der Waals surface area contributed by atoms with Crippen molar-refractivity contribution in [3.05, 3.63) is 108 Å². The first-order valence-electron chi connectivity index (χ1n) is 11.1. The third-order valence-electron chi connectivity index (χ3n) is 6.40. The van der Waals surface area contributed by atoms with Crippen LogP contribution in [0.25, 0.3) is 16.3 Å². The molecule has 0 bridgehead atoms. The minimum absolute atomic E-state index is 0.357. The van der Waals surface area contributed by atoms with Crippen LogP contribution in [0.5, 0.6) is 5.88 Å². The van der Waals surface area contributed by atoms with Crippen molar-refractivity contribution in [1.82, 2.24) is 9.47 Å². The highest BCUT2D eigenvalue weighted by molar-refractivity contribution is 5.87. The lowest BCUT2D eigenvalue weighted by molar-refractivity contribution is 0.196. The van der Waals surface area contributed by atoms with Crippen molar-refractivity contribution in [1.29, 1.82) is 0 Å². The summed E-state index contributed by atoms with van der Waals surface area (Å²) in [6.45, 7) is 3.00. The molecule has 1 aliphatic rings. The van der Waals surface area contributed by atoms with Gasteiger partial charge in [0.15, 0.2) is 5.88 Å². The highest BCUT2D eigenvalue weighted by Crippen LogP contribution is 2.34. The summed E-state index contributed by atoms with van der Waals surface area (Å²) in [6.07, 6.45) is 6.57. The molecule has 1 N–H and O–H groups in total. The maximum atomic E-state index is 10.7. The Morgan fingerprint density at radius 1 is 0.806 bits per heavy atom. The van der Waals surface area contributed by atoms with E-state index in [0.29, 0.717) is 11.9 Å². The Balaban J connectivity index is 1.30. The third-order valence-corrected chi connectivity index (χ3v) is 6.40. The number of likely N-dealkylation sites (tertiary alicyclic amines) is 1. The highest BCUT2D eigenvalue weighted by atomic mass is 16.3. The van der Waals surface area contributed by atoms with E-state index in [9.17, 15) is 5.11 Å². The zero-order valence-corrected chi connectivity index (χ0v) is 17.7. The summed E-state index contributed by atoms with van der Waals surface area (Å²) in [5, 5.41) is 12.7. The molecule has 1 aromatic heterocycles. The van der Waals surface area contributed by atoms with Crippen LogP contribution in [-0.2, 0) is 0 Å². The predicted molar refractivity (Wildman–Crippen MR) is 128 cm³/mol. The van der Waals surface area contributed by atoms with Crippen LogP contribution in [-0.4, -0.2) is 34.2 Å². The van der Waals surface area contributed by atoms with E-state index in [1.165, 1.54) is 16.7 Å². The molecule has 1 fully saturated rings. The van der Waals surface area contributed by atoms with Gasteiger partial charge in [0.25, 0.3) is 0 Å². The normalized spacial score (nSPS) is 15.2. The first kappa shape index (κ1) is 19.7. The zero-order chi connectivity index (χ0) is 21.0. The molecule has 156 valence electrons. The molecule has 5 rings (SSSR count). The zero-order valence-electron chi connectivity index (χ0n) is 17.7. The van der Waals surface area contributed by atoms with Gasteiger partial charge in [-0.05, 0) is 35.6 Å². The van der Waals surface area contributed by atoms with Gasteiger partial charge in [-0.15, -0.1) is 0 Å². The predicted octanol–water partition coefficient (Wildman–Crippen LogP) is 6.12. The minimum Gasteiger partial charge on any atom is -0.494 e. The Bertz CT molecular complexity index is 1130. The lowest BCUT2D eigenvalue weighted by Crippen LogP contribution is -2.34. The lowest BCUT2D eigenvalue weighted by Gasteiger charge is -2.32. The van der Waals surface area contributed by atoms with E-state index in [0.717, 1.165) is 43.2 Å². The van der Waals surface area contributed by atoms with Crippen molar-refractivity contribution in [3.63, 3.8) is 0 Å². The molecule has 0 spiro atoms. The Kier molecular flexibility index (Phi) is 5.59. The summed E-state index contributed by atoms with van der Waals surface area (Å²) < 4.78 is 2.08. The van der Waals surface area contributed by atoms with Crippen LogP contribution < -0.4 is 0 Å². The molecular weight excluding hydrogens is 380 g/mol. The summed E-state index contributed by atoms with van der Waals surface area (Å²) in [5.74, 6) is 0.407. The molecule has 4 aromatic rings. The average Bonchev–Trinajstić information content (AvgIpc) is 3.18. The number of benzene rings is 3. The summed E-state index contributed by atoms with van der Waals surface area (Å²) in [6, 6.07) is 29.7. The molecule has 31 heavy (non-hydrogen) atoms. The molecule has 2 heterocycles. The van der Waals surface area contributed by atoms with Crippen LogP contribution in [0, 0.1) is 0 Å². The largest absolute Gasteiger partial charge is 0.494 e. The molecule has 1 saturated heterocycles. The van der Waals surface area contributed by atoms with Crippen molar-refractivity contribution in [3.8, 4) is 5.88 Å². The van der Waals surface area contributed by atoms with Gasteiger partial charge in [-0.2, -0.15) is 0 Å². The summed E-state index contributed by atoms with van der Waals surface area (Å²) >= 11 is 0. The van der Waals surface area contributed by atoms with Gasteiger partial charge >= 0.3 is 0 Å². The second-order valence-electron chi connectivity index (χ2n) is 8.33. The van der Waals surface area contributed by atoms with Crippen LogP contribution in [0.1, 0.15) is 30.0 Å². The molecule has 0 atom stereocenters. The molecule has 0 amide bonds. The van der Waals surface area contributed by atoms with E-state index < -0.39 is 0 Å². The number of nitrogens with zero attached hydrogens (tertiary/aromatic N) is 2. The van der Waals surface area contributed by atoms with Gasteiger partial charge in [0.2, 0.25) is 0 Å². The van der Waals surface area contributed by atoms with Crippen LogP contribution >= 0.6 is 0 Å². The second-order valence-corrected chi connectivity index (χ2v) is 8.33. The maximum Gasteiger partial charge on any atom is 0.199 e. The van der Waals surface area contributed by atoms with Gasteiger partial charge in [0, 0.05) is 42.6 Å². The second kappa shape index (κ2) is 8.83. The lowest BCUT2D eigenvalue weighted by atomic mass is 9.97. The molecule has 3 nitrogen and oxygen atoms in total. The molecule has 0 unspecified atom stereocenters. The van der Waals surface area contributed by atoms with E-state index in [2.05, 4.69) is 88.5 Å². The van der Waals surface area contributed by atoms with Crippen molar-refractivity contribution < 1.29 is 5.11 Å². The van der Waals surface area contributed by atoms with E-state index in [4.69, 9.17) is 0 Å². The Morgan fingerprint density at radius 3 is 2.00 bits per heavy atom. The summed E-state index contributed by atoms with van der Waals surface area (Å²) in [4.78, 5) is 2.52. The quantitative estimate of drug-likeness (QED) is 0.431. The van der Waals surface area contributed by atoms with Gasteiger partial charge in [-0.3, -0.25) is 4.90 Å². The van der Waals surface area contributed by atoms with Crippen molar-refractivity contribution in [2.75, 3.05) is 19.6 Å². The Morgan fingerprint density at radius 2 is 1.39 bits per heavy atom. The molecule has 0 radical (unpaired) electrons. The molecule has 0 aliphatic carbocycles. The Hall–Kier alpha value is -3.30. The van der Waals surface area contributed by atoms with E-state index in [-0.39, 0.29) is 0 Å². The standard InChI is InChI=1S/C28H28N2O/c31-28-27-14-8-7-13-24(27)21-30(28)25-15-18-29(19-16-25)20-17-26(22-9-3-1-4-10-22)23-11-5-2-6-12-23/h1-14,17,21,25,31H,15-16,18-20H2. The van der Waals surface area contributed by atoms with Crippen LogP contribution in [0.4, 0.5) is 0 Å². The van der Waals surface area contributed by atoms with E-state index in [1.54, 1.807) is 0 Å². The molecule has 0 saturated carbocycles. The fraction of sp³-hybridized carbons (Fsp3) is 0.214. The molecule has 1 aliphatic heterocycles. The van der Waals surface area contributed by atoms with Crippen molar-refractivity contribution in [2.45, 2.75) is 18.9 Å². The fourth-order valence-electron chi connectivity index (χ4n) is 4.68. The van der Waals surface area contributed by atoms with Crippen LogP contribution in [0.3, 0.4) is 0 Å². The maximum absolute atomic E-state index is 10.7. The van der Waals surface area contributed by atoms with Crippen LogP contribution in [0.2, 0.25) is 0 Å². The van der Waals surface area contributed by atoms with Gasteiger partial charge < -0.3 is 9.67 Å². The first-order chi connectivity index (χ1) is 15.3. The van der Waals surface area contributed by atoms with Crippen molar-refractivity contribution in [2.24, 2.45) is 0 Å². The SMILES string of the molecule is Oc1c2ccccc2cn1C1CCN(CC=C(c2ccccc2)c2ccccc2)CC1. The molecule has 3 heteroatoms. The summed E-state index contributed by atoms with van der Waals surface area (Å²) in [5.41, 5.74) is 3.80. The number of fused-ring (bicyclic) bond motifs is 1. The number of hydrogen-bond acceptors (Lipinski definition) is 2. The molecular formula is C28H28N2O. The number of aromatic hydroxyl groups is 1. The molecule has 3 aromatic carbocycles. The average molecular weight is 409 g/mol. The highest BCUT2D eigenvalue weighted by Gasteiger charge is 2.22. The van der Waals surface area contributed by atoms with Crippen molar-refractivity contribution >= 4 is 16.3 Å². The summed E-state index contributed by atoms with van der Waals surface area (Å²) in [7, 11) is 0. The topological polar surface area (TPSA) is 28.4 Å². The number of rotatable bonds is 5. The van der Waals surface area contributed by atoms with E-state index in [1.807, 2.05) is 18.2 Å². The van der Waals surface area contributed by atoms with E-state index >= 15 is 0 Å². The minimum atomic E-state index is 0.357. The number of aromatic nitrogens is 1. The van der Waals surface area contributed by atoms with Crippen LogP contribution in [0.15, 0.2) is 97.2 Å². The van der Waals surface area contributed by atoms with Gasteiger partial charge in [0.05, 0.1) is 0 Å². The Labute approximate surface area is 183 Å².